The van der Waals surface area contributed by atoms with Crippen LogP contribution < -0.4 is 0 Å². The van der Waals surface area contributed by atoms with E-state index in [0.717, 1.165) is 17.0 Å². The molecule has 0 bridgehead atoms. The Balaban J connectivity index is 2.20. The monoisotopic (exact) mass is 264 g/mol. The molecule has 0 aliphatic carbocycles. The first kappa shape index (κ1) is 13.4. The van der Waals surface area contributed by atoms with Crippen LogP contribution in [0.15, 0.2) is 16.5 Å². The third-order valence-electron chi connectivity index (χ3n) is 3.22. The second-order valence-electron chi connectivity index (χ2n) is 4.50. The normalized spacial score (nSPS) is 12.6. The van der Waals surface area contributed by atoms with E-state index in [9.17, 15) is 9.90 Å². The van der Waals surface area contributed by atoms with Crippen molar-refractivity contribution in [3.05, 3.63) is 40.6 Å². The van der Waals surface area contributed by atoms with E-state index >= 15 is 0 Å². The fourth-order valence-corrected chi connectivity index (χ4v) is 2.05. The molecule has 6 heteroatoms. The lowest BCUT2D eigenvalue weighted by Gasteiger charge is -2.08. The molecule has 0 spiro atoms. The molecule has 0 aromatic carbocycles. The zero-order valence-electron chi connectivity index (χ0n) is 11.0. The minimum atomic E-state index is -1.15. The molecule has 2 aromatic rings. The van der Waals surface area contributed by atoms with E-state index in [1.165, 1.54) is 12.1 Å². The number of hydrogen-bond donors (Lipinski definition) is 2. The Kier molecular flexibility index (Phi) is 3.44. The van der Waals surface area contributed by atoms with Crippen molar-refractivity contribution in [2.24, 2.45) is 7.05 Å². The van der Waals surface area contributed by atoms with Gasteiger partial charge < -0.3 is 14.6 Å². The van der Waals surface area contributed by atoms with E-state index in [2.05, 4.69) is 5.10 Å². The number of aliphatic hydroxyl groups excluding tert-OH is 1. The van der Waals surface area contributed by atoms with Crippen LogP contribution in [0.3, 0.4) is 0 Å². The standard InChI is InChI=1S/C13H16N2O4/c1-7-9(8(2)15(3)14-7)6-10(16)11-4-5-12(19-11)13(17)18/h4-5,10,16H,6H2,1-3H3,(H,17,18). The number of carboxylic acid groups (broad SMARTS) is 1. The molecule has 2 heterocycles. The molecule has 0 saturated carbocycles. The summed E-state index contributed by atoms with van der Waals surface area (Å²) >= 11 is 0. The number of nitrogens with zero attached hydrogens (tertiary/aromatic N) is 2. The second kappa shape index (κ2) is 4.89. The number of hydrogen-bond acceptors (Lipinski definition) is 4. The Labute approximate surface area is 110 Å². The van der Waals surface area contributed by atoms with Crippen LogP contribution in [0.5, 0.6) is 0 Å². The number of carbonyl (C=O) groups is 1. The quantitative estimate of drug-likeness (QED) is 0.875. The van der Waals surface area contributed by atoms with Gasteiger partial charge in [0.05, 0.1) is 5.69 Å². The molecule has 1 atom stereocenters. The van der Waals surface area contributed by atoms with Gasteiger partial charge in [0, 0.05) is 19.2 Å². The first-order chi connectivity index (χ1) is 8.90. The summed E-state index contributed by atoms with van der Waals surface area (Å²) in [5.74, 6) is -1.07. The van der Waals surface area contributed by atoms with Crippen LogP contribution in [0, 0.1) is 13.8 Å². The van der Waals surface area contributed by atoms with Crippen molar-refractivity contribution < 1.29 is 19.4 Å². The van der Waals surface area contributed by atoms with Gasteiger partial charge in [0.25, 0.3) is 0 Å². The van der Waals surface area contributed by atoms with Gasteiger partial charge in [0.2, 0.25) is 5.76 Å². The minimum absolute atomic E-state index is 0.173. The largest absolute Gasteiger partial charge is 0.475 e. The lowest BCUT2D eigenvalue weighted by atomic mass is 10.0. The van der Waals surface area contributed by atoms with Gasteiger partial charge in [-0.25, -0.2) is 4.79 Å². The Morgan fingerprint density at radius 3 is 2.63 bits per heavy atom. The second-order valence-corrected chi connectivity index (χ2v) is 4.50. The number of aromatic nitrogens is 2. The van der Waals surface area contributed by atoms with E-state index in [-0.39, 0.29) is 11.5 Å². The van der Waals surface area contributed by atoms with Crippen molar-refractivity contribution in [1.29, 1.82) is 0 Å². The number of aryl methyl sites for hydroxylation is 2. The fraction of sp³-hybridized carbons (Fsp3) is 0.385. The molecular formula is C13H16N2O4. The van der Waals surface area contributed by atoms with E-state index in [4.69, 9.17) is 9.52 Å². The molecule has 0 amide bonds. The first-order valence-electron chi connectivity index (χ1n) is 5.90. The zero-order chi connectivity index (χ0) is 14.2. The molecule has 0 saturated heterocycles. The van der Waals surface area contributed by atoms with Crippen LogP contribution in [-0.2, 0) is 13.5 Å². The van der Waals surface area contributed by atoms with Crippen molar-refractivity contribution in [3.8, 4) is 0 Å². The number of aromatic carboxylic acids is 1. The number of rotatable bonds is 4. The third kappa shape index (κ3) is 2.53. The maximum Gasteiger partial charge on any atom is 0.371 e. The minimum Gasteiger partial charge on any atom is -0.475 e. The molecule has 1 unspecified atom stereocenters. The molecule has 19 heavy (non-hydrogen) atoms. The van der Waals surface area contributed by atoms with Gasteiger partial charge in [-0.1, -0.05) is 0 Å². The summed E-state index contributed by atoms with van der Waals surface area (Å²) in [5.41, 5.74) is 2.77. The van der Waals surface area contributed by atoms with Gasteiger partial charge in [-0.3, -0.25) is 4.68 Å². The Morgan fingerprint density at radius 1 is 1.47 bits per heavy atom. The highest BCUT2D eigenvalue weighted by Crippen LogP contribution is 2.24. The number of aliphatic hydroxyl groups is 1. The molecule has 102 valence electrons. The van der Waals surface area contributed by atoms with Gasteiger partial charge >= 0.3 is 5.97 Å². The average Bonchev–Trinajstić information content (AvgIpc) is 2.91. The van der Waals surface area contributed by atoms with Crippen molar-refractivity contribution in [3.63, 3.8) is 0 Å². The van der Waals surface area contributed by atoms with Crippen LogP contribution in [0.2, 0.25) is 0 Å². The van der Waals surface area contributed by atoms with Gasteiger partial charge in [0.1, 0.15) is 11.9 Å². The lowest BCUT2D eigenvalue weighted by Crippen LogP contribution is -2.03. The third-order valence-corrected chi connectivity index (χ3v) is 3.22. The highest BCUT2D eigenvalue weighted by molar-refractivity contribution is 5.84. The summed E-state index contributed by atoms with van der Waals surface area (Å²) in [6, 6.07) is 2.82. The molecule has 0 aliphatic rings. The highest BCUT2D eigenvalue weighted by atomic mass is 16.4. The predicted molar refractivity (Wildman–Crippen MR) is 67.0 cm³/mol. The van der Waals surface area contributed by atoms with Crippen LogP contribution in [0.4, 0.5) is 0 Å². The van der Waals surface area contributed by atoms with E-state index in [1.54, 1.807) is 4.68 Å². The Hall–Kier alpha value is -2.08. The number of furan rings is 1. The van der Waals surface area contributed by atoms with E-state index in [1.807, 2.05) is 20.9 Å². The van der Waals surface area contributed by atoms with Crippen molar-refractivity contribution in [2.45, 2.75) is 26.4 Å². The smallest absolute Gasteiger partial charge is 0.371 e. The van der Waals surface area contributed by atoms with Crippen molar-refractivity contribution in [2.75, 3.05) is 0 Å². The fourth-order valence-electron chi connectivity index (χ4n) is 2.05. The summed E-state index contributed by atoms with van der Waals surface area (Å²) in [4.78, 5) is 10.7. The summed E-state index contributed by atoms with van der Waals surface area (Å²) in [7, 11) is 1.84. The molecular weight excluding hydrogens is 248 g/mol. The van der Waals surface area contributed by atoms with Gasteiger partial charge in [0.15, 0.2) is 0 Å². The van der Waals surface area contributed by atoms with Crippen LogP contribution in [-0.4, -0.2) is 26.0 Å². The maximum absolute atomic E-state index is 10.7. The van der Waals surface area contributed by atoms with Crippen LogP contribution in [0.1, 0.15) is 39.4 Å². The van der Waals surface area contributed by atoms with Gasteiger partial charge in [-0.05, 0) is 31.5 Å². The summed E-state index contributed by atoms with van der Waals surface area (Å²) < 4.78 is 6.84. The summed E-state index contributed by atoms with van der Waals surface area (Å²) in [5, 5.41) is 23.1. The Bertz CT molecular complexity index is 612. The van der Waals surface area contributed by atoms with Crippen molar-refractivity contribution in [1.82, 2.24) is 9.78 Å². The molecule has 6 nitrogen and oxygen atoms in total. The molecule has 0 radical (unpaired) electrons. The zero-order valence-corrected chi connectivity index (χ0v) is 11.0. The maximum atomic E-state index is 10.7. The van der Waals surface area contributed by atoms with Gasteiger partial charge in [-0.15, -0.1) is 0 Å². The molecule has 2 rings (SSSR count). The predicted octanol–water partition coefficient (Wildman–Crippen LogP) is 1.60. The van der Waals surface area contributed by atoms with Gasteiger partial charge in [-0.2, -0.15) is 5.10 Å². The van der Waals surface area contributed by atoms with Crippen LogP contribution in [0.25, 0.3) is 0 Å². The summed E-state index contributed by atoms with van der Waals surface area (Å²) in [6.07, 6.45) is -0.535. The SMILES string of the molecule is Cc1nn(C)c(C)c1CC(O)c1ccc(C(=O)O)o1. The molecule has 2 N–H and O–H groups in total. The molecule has 0 fully saturated rings. The first-order valence-corrected chi connectivity index (χ1v) is 5.90. The Morgan fingerprint density at radius 2 is 2.16 bits per heavy atom. The lowest BCUT2D eigenvalue weighted by molar-refractivity contribution is 0.0651. The summed E-state index contributed by atoms with van der Waals surface area (Å²) in [6.45, 7) is 3.80. The van der Waals surface area contributed by atoms with Crippen LogP contribution >= 0.6 is 0 Å². The van der Waals surface area contributed by atoms with E-state index in [0.29, 0.717) is 6.42 Å². The molecule has 0 aliphatic heterocycles. The topological polar surface area (TPSA) is 88.5 Å². The van der Waals surface area contributed by atoms with Crippen molar-refractivity contribution >= 4 is 5.97 Å². The number of carboxylic acids is 1. The molecule has 2 aromatic heterocycles. The highest BCUT2D eigenvalue weighted by Gasteiger charge is 2.19. The average molecular weight is 264 g/mol. The van der Waals surface area contributed by atoms with E-state index < -0.39 is 12.1 Å².